The quantitative estimate of drug-likeness (QED) is 0.285. The first-order chi connectivity index (χ1) is 11.5. The SMILES string of the molecule is C=C(C)C(=O)SCCSCCSc1cc(=O)oc2ccc(C)cc12. The summed E-state index contributed by atoms with van der Waals surface area (Å²) >= 11 is 4.81. The second kappa shape index (κ2) is 9.39. The van der Waals surface area contributed by atoms with Crippen LogP contribution in [-0.4, -0.2) is 28.1 Å². The third-order valence-electron chi connectivity index (χ3n) is 3.15. The van der Waals surface area contributed by atoms with Crippen LogP contribution in [0.4, 0.5) is 0 Å². The molecule has 0 amide bonds. The summed E-state index contributed by atoms with van der Waals surface area (Å²) in [6.07, 6.45) is 0. The highest BCUT2D eigenvalue weighted by atomic mass is 32.2. The maximum atomic E-state index is 11.7. The van der Waals surface area contributed by atoms with E-state index in [0.29, 0.717) is 11.2 Å². The molecule has 2 rings (SSSR count). The van der Waals surface area contributed by atoms with Crippen LogP contribution in [0.1, 0.15) is 12.5 Å². The van der Waals surface area contributed by atoms with E-state index in [2.05, 4.69) is 6.58 Å². The van der Waals surface area contributed by atoms with Gasteiger partial charge in [-0.2, -0.15) is 11.8 Å². The Morgan fingerprint density at radius 2 is 1.92 bits per heavy atom. The zero-order chi connectivity index (χ0) is 17.5. The van der Waals surface area contributed by atoms with Crippen LogP contribution in [0.5, 0.6) is 0 Å². The van der Waals surface area contributed by atoms with Gasteiger partial charge < -0.3 is 4.42 Å². The number of carbonyl (C=O) groups is 1. The Hall–Kier alpha value is -1.11. The van der Waals surface area contributed by atoms with Gasteiger partial charge in [-0.1, -0.05) is 30.0 Å². The Bertz CT molecular complexity index is 796. The number of rotatable bonds is 8. The van der Waals surface area contributed by atoms with Crippen molar-refractivity contribution >= 4 is 51.4 Å². The molecule has 0 unspecified atom stereocenters. The molecular weight excluding hydrogens is 360 g/mol. The van der Waals surface area contributed by atoms with E-state index in [-0.39, 0.29) is 10.7 Å². The van der Waals surface area contributed by atoms with Crippen molar-refractivity contribution in [3.05, 3.63) is 52.4 Å². The molecule has 1 aromatic carbocycles. The first-order valence-corrected chi connectivity index (χ1v) is 10.7. The fourth-order valence-electron chi connectivity index (χ4n) is 2.00. The topological polar surface area (TPSA) is 47.3 Å². The van der Waals surface area contributed by atoms with Gasteiger partial charge in [-0.15, -0.1) is 11.8 Å². The lowest BCUT2D eigenvalue weighted by molar-refractivity contribution is -0.107. The monoisotopic (exact) mass is 380 g/mol. The first-order valence-electron chi connectivity index (χ1n) is 7.55. The lowest BCUT2D eigenvalue weighted by Crippen LogP contribution is -1.99. The molecule has 0 fully saturated rings. The molecule has 2 aromatic rings. The number of hydrogen-bond donors (Lipinski definition) is 0. The number of carbonyl (C=O) groups excluding carboxylic acids is 1. The zero-order valence-corrected chi connectivity index (χ0v) is 16.2. The van der Waals surface area contributed by atoms with Crippen LogP contribution >= 0.6 is 35.3 Å². The third-order valence-corrected chi connectivity index (χ3v) is 6.73. The summed E-state index contributed by atoms with van der Waals surface area (Å²) in [7, 11) is 0. The highest BCUT2D eigenvalue weighted by molar-refractivity contribution is 8.14. The van der Waals surface area contributed by atoms with E-state index in [1.807, 2.05) is 36.9 Å². The fraction of sp³-hybridized carbons (Fsp3) is 0.333. The van der Waals surface area contributed by atoms with Crippen molar-refractivity contribution in [1.82, 2.24) is 0 Å². The highest BCUT2D eigenvalue weighted by Gasteiger charge is 2.07. The number of benzene rings is 1. The summed E-state index contributed by atoms with van der Waals surface area (Å²) < 4.78 is 5.24. The van der Waals surface area contributed by atoms with Crippen LogP contribution in [0.2, 0.25) is 0 Å². The number of thioether (sulfide) groups is 3. The molecule has 0 aliphatic heterocycles. The van der Waals surface area contributed by atoms with Crippen molar-refractivity contribution in [2.75, 3.05) is 23.0 Å². The molecule has 0 saturated carbocycles. The summed E-state index contributed by atoms with van der Waals surface area (Å²) in [5.74, 6) is 3.62. The Morgan fingerprint density at radius 1 is 1.17 bits per heavy atom. The van der Waals surface area contributed by atoms with Gasteiger partial charge in [0.15, 0.2) is 0 Å². The molecule has 1 aromatic heterocycles. The van der Waals surface area contributed by atoms with Crippen LogP contribution < -0.4 is 5.63 Å². The largest absolute Gasteiger partial charge is 0.423 e. The van der Waals surface area contributed by atoms with Crippen molar-refractivity contribution in [3.8, 4) is 0 Å². The molecule has 24 heavy (non-hydrogen) atoms. The minimum Gasteiger partial charge on any atom is -0.423 e. The van der Waals surface area contributed by atoms with Gasteiger partial charge in [-0.25, -0.2) is 4.79 Å². The van der Waals surface area contributed by atoms with Crippen molar-refractivity contribution in [2.24, 2.45) is 0 Å². The maximum Gasteiger partial charge on any atom is 0.337 e. The molecule has 0 spiro atoms. The molecule has 0 bridgehead atoms. The van der Waals surface area contributed by atoms with E-state index in [1.165, 1.54) is 11.8 Å². The Labute approximate surface area is 154 Å². The van der Waals surface area contributed by atoms with E-state index in [9.17, 15) is 9.59 Å². The normalized spacial score (nSPS) is 10.9. The fourth-order valence-corrected chi connectivity index (χ4v) is 4.96. The maximum absolute atomic E-state index is 11.7. The predicted molar refractivity (Wildman–Crippen MR) is 108 cm³/mol. The molecular formula is C18H20O3S3. The average molecular weight is 381 g/mol. The van der Waals surface area contributed by atoms with E-state index >= 15 is 0 Å². The van der Waals surface area contributed by atoms with E-state index in [1.54, 1.807) is 24.8 Å². The molecule has 6 heteroatoms. The minimum atomic E-state index is -0.309. The van der Waals surface area contributed by atoms with Crippen LogP contribution in [0.15, 0.2) is 50.5 Å². The molecule has 1 heterocycles. The van der Waals surface area contributed by atoms with Gasteiger partial charge in [0.25, 0.3) is 0 Å². The molecule has 0 atom stereocenters. The molecule has 0 aliphatic carbocycles. The third kappa shape index (κ3) is 5.76. The smallest absolute Gasteiger partial charge is 0.337 e. The van der Waals surface area contributed by atoms with Crippen LogP contribution in [0.25, 0.3) is 11.0 Å². The van der Waals surface area contributed by atoms with Crippen molar-refractivity contribution in [1.29, 1.82) is 0 Å². The summed E-state index contributed by atoms with van der Waals surface area (Å²) in [6, 6.07) is 7.41. The van der Waals surface area contributed by atoms with Crippen LogP contribution in [-0.2, 0) is 4.79 Å². The lowest BCUT2D eigenvalue weighted by atomic mass is 10.2. The Balaban J connectivity index is 1.81. The van der Waals surface area contributed by atoms with Crippen molar-refractivity contribution < 1.29 is 9.21 Å². The van der Waals surface area contributed by atoms with Gasteiger partial charge in [0.1, 0.15) is 5.58 Å². The van der Waals surface area contributed by atoms with Gasteiger partial charge in [-0.05, 0) is 31.6 Å². The Morgan fingerprint density at radius 3 is 2.67 bits per heavy atom. The Kier molecular flexibility index (Phi) is 7.52. The van der Waals surface area contributed by atoms with Crippen molar-refractivity contribution in [2.45, 2.75) is 18.7 Å². The van der Waals surface area contributed by atoms with Crippen LogP contribution in [0.3, 0.4) is 0 Å². The van der Waals surface area contributed by atoms with Gasteiger partial charge in [-0.3, -0.25) is 4.79 Å². The van der Waals surface area contributed by atoms with E-state index in [0.717, 1.165) is 38.9 Å². The minimum absolute atomic E-state index is 0.0721. The van der Waals surface area contributed by atoms with Gasteiger partial charge >= 0.3 is 5.63 Å². The van der Waals surface area contributed by atoms with Crippen molar-refractivity contribution in [3.63, 3.8) is 0 Å². The first kappa shape index (κ1) is 19.2. The summed E-state index contributed by atoms with van der Waals surface area (Å²) in [6.45, 7) is 7.41. The molecule has 0 saturated heterocycles. The highest BCUT2D eigenvalue weighted by Crippen LogP contribution is 2.28. The van der Waals surface area contributed by atoms with Gasteiger partial charge in [0.05, 0.1) is 0 Å². The molecule has 128 valence electrons. The number of aryl methyl sites for hydroxylation is 1. The van der Waals surface area contributed by atoms with Gasteiger partial charge in [0, 0.05) is 39.4 Å². The average Bonchev–Trinajstić information content (AvgIpc) is 2.54. The van der Waals surface area contributed by atoms with Crippen LogP contribution in [0, 0.1) is 6.92 Å². The summed E-state index contributed by atoms with van der Waals surface area (Å²) in [4.78, 5) is 24.0. The molecule has 0 aliphatic rings. The standard InChI is InChI=1S/C18H20O3S3/c1-12(2)18(20)24-9-7-22-6-8-23-16-11-17(19)21-15-5-4-13(3)10-14(15)16/h4-5,10-11H,1,6-9H2,2-3H3. The predicted octanol–water partition coefficient (Wildman–Crippen LogP) is 4.76. The zero-order valence-electron chi connectivity index (χ0n) is 13.8. The van der Waals surface area contributed by atoms with Gasteiger partial charge in [0.2, 0.25) is 5.12 Å². The summed E-state index contributed by atoms with van der Waals surface area (Å²) in [5, 5.41) is 1.06. The second-order valence-electron chi connectivity index (χ2n) is 5.31. The lowest BCUT2D eigenvalue weighted by Gasteiger charge is -2.06. The molecule has 0 radical (unpaired) electrons. The molecule has 0 N–H and O–H groups in total. The second-order valence-corrected chi connectivity index (χ2v) is 8.74. The summed E-state index contributed by atoms with van der Waals surface area (Å²) in [5.41, 5.74) is 2.08. The number of hydrogen-bond acceptors (Lipinski definition) is 6. The van der Waals surface area contributed by atoms with E-state index < -0.39 is 0 Å². The number of fused-ring (bicyclic) bond motifs is 1. The van der Waals surface area contributed by atoms with E-state index in [4.69, 9.17) is 4.42 Å². The molecule has 3 nitrogen and oxygen atoms in total.